The highest BCUT2D eigenvalue weighted by Gasteiger charge is 2.07. The Bertz CT molecular complexity index is 473. The standard InChI is InChI=1S/C13H16N2OS/c1-15-8-7-14-13(15)10-11(16)4-2-5-12-6-3-9-17-12/h3,6-9H,2,4-5,10H2,1H3. The van der Waals surface area contributed by atoms with Gasteiger partial charge in [-0.2, -0.15) is 0 Å². The quantitative estimate of drug-likeness (QED) is 0.787. The highest BCUT2D eigenvalue weighted by molar-refractivity contribution is 7.09. The Balaban J connectivity index is 1.73. The molecule has 0 unspecified atom stereocenters. The van der Waals surface area contributed by atoms with Crippen LogP contribution >= 0.6 is 11.3 Å². The molecule has 2 aromatic rings. The molecule has 0 aliphatic heterocycles. The van der Waals surface area contributed by atoms with Gasteiger partial charge in [0.1, 0.15) is 11.6 Å². The van der Waals surface area contributed by atoms with E-state index in [1.165, 1.54) is 4.88 Å². The van der Waals surface area contributed by atoms with Crippen LogP contribution in [0.5, 0.6) is 0 Å². The lowest BCUT2D eigenvalue weighted by atomic mass is 10.1. The van der Waals surface area contributed by atoms with E-state index in [2.05, 4.69) is 22.5 Å². The number of Topliss-reactive ketones (excluding diaryl/α,β-unsaturated/α-hetero) is 1. The Morgan fingerprint density at radius 3 is 3.06 bits per heavy atom. The molecule has 0 aliphatic carbocycles. The van der Waals surface area contributed by atoms with Gasteiger partial charge in [-0.1, -0.05) is 6.07 Å². The predicted octanol–water partition coefficient (Wildman–Crippen LogP) is 2.62. The third kappa shape index (κ3) is 3.53. The van der Waals surface area contributed by atoms with E-state index in [0.29, 0.717) is 12.8 Å². The maximum atomic E-state index is 11.7. The zero-order valence-corrected chi connectivity index (χ0v) is 10.7. The van der Waals surface area contributed by atoms with Crippen LogP contribution in [0.4, 0.5) is 0 Å². The molecule has 0 radical (unpaired) electrons. The van der Waals surface area contributed by atoms with Crippen molar-refractivity contribution < 1.29 is 4.79 Å². The number of hydrogen-bond donors (Lipinski definition) is 0. The summed E-state index contributed by atoms with van der Waals surface area (Å²) >= 11 is 1.75. The minimum absolute atomic E-state index is 0.274. The fourth-order valence-corrected chi connectivity index (χ4v) is 2.50. The van der Waals surface area contributed by atoms with E-state index in [1.807, 2.05) is 17.8 Å². The molecule has 0 fully saturated rings. The lowest BCUT2D eigenvalue weighted by Crippen LogP contribution is -2.07. The number of hydrogen-bond acceptors (Lipinski definition) is 3. The van der Waals surface area contributed by atoms with Crippen molar-refractivity contribution in [1.82, 2.24) is 9.55 Å². The zero-order chi connectivity index (χ0) is 12.1. The second kappa shape index (κ2) is 5.77. The monoisotopic (exact) mass is 248 g/mol. The Kier molecular flexibility index (Phi) is 4.09. The second-order valence-corrected chi connectivity index (χ2v) is 5.13. The van der Waals surface area contributed by atoms with Gasteiger partial charge in [0, 0.05) is 30.7 Å². The molecule has 0 amide bonds. The Hall–Kier alpha value is -1.42. The van der Waals surface area contributed by atoms with Crippen LogP contribution in [0.1, 0.15) is 23.5 Å². The summed E-state index contributed by atoms with van der Waals surface area (Å²) in [6.07, 6.45) is 6.63. The second-order valence-electron chi connectivity index (χ2n) is 4.10. The van der Waals surface area contributed by atoms with Crippen molar-refractivity contribution in [3.05, 3.63) is 40.6 Å². The minimum atomic E-state index is 0.274. The maximum absolute atomic E-state index is 11.7. The molecule has 0 bridgehead atoms. The number of aryl methyl sites for hydroxylation is 2. The first-order valence-electron chi connectivity index (χ1n) is 5.76. The van der Waals surface area contributed by atoms with Crippen molar-refractivity contribution >= 4 is 17.1 Å². The van der Waals surface area contributed by atoms with Crippen LogP contribution in [0, 0.1) is 0 Å². The molecule has 3 nitrogen and oxygen atoms in total. The highest BCUT2D eigenvalue weighted by atomic mass is 32.1. The fraction of sp³-hybridized carbons (Fsp3) is 0.385. The fourth-order valence-electron chi connectivity index (χ4n) is 1.75. The van der Waals surface area contributed by atoms with Gasteiger partial charge < -0.3 is 4.57 Å². The number of carbonyl (C=O) groups excluding carboxylic acids is 1. The molecule has 2 rings (SSSR count). The van der Waals surface area contributed by atoms with Gasteiger partial charge in [0.15, 0.2) is 0 Å². The van der Waals surface area contributed by atoms with Crippen LogP contribution in [-0.2, 0) is 24.7 Å². The first kappa shape index (κ1) is 12.0. The molecule has 0 aromatic carbocycles. The number of rotatable bonds is 6. The predicted molar refractivity (Wildman–Crippen MR) is 69.2 cm³/mol. The van der Waals surface area contributed by atoms with E-state index in [0.717, 1.165) is 18.7 Å². The van der Waals surface area contributed by atoms with Crippen molar-refractivity contribution in [2.75, 3.05) is 0 Å². The summed E-state index contributed by atoms with van der Waals surface area (Å²) < 4.78 is 1.90. The Morgan fingerprint density at radius 2 is 2.41 bits per heavy atom. The summed E-state index contributed by atoms with van der Waals surface area (Å²) in [5, 5.41) is 2.07. The first-order valence-corrected chi connectivity index (χ1v) is 6.64. The van der Waals surface area contributed by atoms with Gasteiger partial charge >= 0.3 is 0 Å². The van der Waals surface area contributed by atoms with Gasteiger partial charge in [0.05, 0.1) is 6.42 Å². The molecular weight excluding hydrogens is 232 g/mol. The van der Waals surface area contributed by atoms with Crippen LogP contribution in [-0.4, -0.2) is 15.3 Å². The van der Waals surface area contributed by atoms with Crippen LogP contribution in [0.2, 0.25) is 0 Å². The molecule has 0 spiro atoms. The van der Waals surface area contributed by atoms with E-state index < -0.39 is 0 Å². The average molecular weight is 248 g/mol. The first-order chi connectivity index (χ1) is 8.25. The number of carbonyl (C=O) groups is 1. The molecule has 90 valence electrons. The summed E-state index contributed by atoms with van der Waals surface area (Å²) in [6.45, 7) is 0. The van der Waals surface area contributed by atoms with E-state index in [9.17, 15) is 4.79 Å². The number of nitrogens with zero attached hydrogens (tertiary/aromatic N) is 2. The molecule has 4 heteroatoms. The smallest absolute Gasteiger partial charge is 0.140 e. The summed E-state index contributed by atoms with van der Waals surface area (Å²) in [5.41, 5.74) is 0. The SMILES string of the molecule is Cn1ccnc1CC(=O)CCCc1cccs1. The number of aromatic nitrogens is 2. The maximum Gasteiger partial charge on any atom is 0.140 e. The molecule has 0 saturated heterocycles. The van der Waals surface area contributed by atoms with Crippen molar-refractivity contribution in [2.24, 2.45) is 7.05 Å². The lowest BCUT2D eigenvalue weighted by molar-refractivity contribution is -0.118. The average Bonchev–Trinajstić information content (AvgIpc) is 2.92. The molecule has 0 atom stereocenters. The molecule has 0 saturated carbocycles. The van der Waals surface area contributed by atoms with Crippen molar-refractivity contribution in [3.8, 4) is 0 Å². The number of imidazole rings is 1. The van der Waals surface area contributed by atoms with E-state index in [-0.39, 0.29) is 5.78 Å². The Labute approximate surface area is 105 Å². The van der Waals surface area contributed by atoms with Gasteiger partial charge in [-0.15, -0.1) is 11.3 Å². The minimum Gasteiger partial charge on any atom is -0.338 e. The largest absolute Gasteiger partial charge is 0.338 e. The van der Waals surface area contributed by atoms with Crippen molar-refractivity contribution in [1.29, 1.82) is 0 Å². The summed E-state index contributed by atoms with van der Waals surface area (Å²) in [6, 6.07) is 4.17. The third-order valence-corrected chi connectivity index (χ3v) is 3.67. The van der Waals surface area contributed by atoms with Gasteiger partial charge in [-0.25, -0.2) is 4.98 Å². The summed E-state index contributed by atoms with van der Waals surface area (Å²) in [4.78, 5) is 17.3. The van der Waals surface area contributed by atoms with Crippen LogP contribution in [0.3, 0.4) is 0 Å². The van der Waals surface area contributed by atoms with Crippen molar-refractivity contribution in [2.45, 2.75) is 25.7 Å². The van der Waals surface area contributed by atoms with Gasteiger partial charge in [-0.05, 0) is 24.3 Å². The normalized spacial score (nSPS) is 10.6. The van der Waals surface area contributed by atoms with E-state index >= 15 is 0 Å². The van der Waals surface area contributed by atoms with Gasteiger partial charge in [-0.3, -0.25) is 4.79 Å². The van der Waals surface area contributed by atoms with Crippen LogP contribution < -0.4 is 0 Å². The molecule has 2 heterocycles. The molecular formula is C13H16N2OS. The third-order valence-electron chi connectivity index (χ3n) is 2.74. The van der Waals surface area contributed by atoms with Crippen molar-refractivity contribution in [3.63, 3.8) is 0 Å². The van der Waals surface area contributed by atoms with Crippen LogP contribution in [0.15, 0.2) is 29.9 Å². The Morgan fingerprint density at radius 1 is 1.53 bits per heavy atom. The van der Waals surface area contributed by atoms with E-state index in [4.69, 9.17) is 0 Å². The number of ketones is 1. The highest BCUT2D eigenvalue weighted by Crippen LogP contribution is 2.12. The van der Waals surface area contributed by atoms with Gasteiger partial charge in [0.25, 0.3) is 0 Å². The van der Waals surface area contributed by atoms with Crippen LogP contribution in [0.25, 0.3) is 0 Å². The molecule has 0 N–H and O–H groups in total. The zero-order valence-electron chi connectivity index (χ0n) is 9.93. The summed E-state index contributed by atoms with van der Waals surface area (Å²) in [7, 11) is 1.92. The lowest BCUT2D eigenvalue weighted by Gasteiger charge is -2.01. The topological polar surface area (TPSA) is 34.9 Å². The van der Waals surface area contributed by atoms with E-state index in [1.54, 1.807) is 17.5 Å². The number of thiophene rings is 1. The van der Waals surface area contributed by atoms with Gasteiger partial charge in [0.2, 0.25) is 0 Å². The summed E-state index contributed by atoms with van der Waals surface area (Å²) in [5.74, 6) is 1.13. The molecule has 17 heavy (non-hydrogen) atoms. The molecule has 0 aliphatic rings. The molecule has 2 aromatic heterocycles.